The first-order chi connectivity index (χ1) is 10.3. The highest BCUT2D eigenvalue weighted by molar-refractivity contribution is 5.92. The molecule has 4 aromatic rings. The van der Waals surface area contributed by atoms with Crippen molar-refractivity contribution in [2.24, 2.45) is 0 Å². The molecule has 0 aliphatic heterocycles. The minimum absolute atomic E-state index is 0.261. The smallest absolute Gasteiger partial charge is 0.260 e. The minimum Gasteiger partial charge on any atom is -0.361 e. The van der Waals surface area contributed by atoms with E-state index in [2.05, 4.69) is 20.3 Å². The number of aromatic amines is 1. The lowest BCUT2D eigenvalue weighted by Gasteiger charge is -1.98. The molecule has 0 unspecified atom stereocenters. The van der Waals surface area contributed by atoms with Crippen LogP contribution in [0.1, 0.15) is 11.6 Å². The van der Waals surface area contributed by atoms with E-state index in [1.54, 1.807) is 24.5 Å². The van der Waals surface area contributed by atoms with Gasteiger partial charge in [-0.15, -0.1) is 0 Å². The summed E-state index contributed by atoms with van der Waals surface area (Å²) in [6, 6.07) is 6.32. The van der Waals surface area contributed by atoms with E-state index >= 15 is 0 Å². The van der Waals surface area contributed by atoms with Crippen LogP contribution in [0.2, 0.25) is 0 Å². The zero-order valence-corrected chi connectivity index (χ0v) is 10.7. The third-order valence-corrected chi connectivity index (χ3v) is 3.15. The van der Waals surface area contributed by atoms with Gasteiger partial charge in [-0.05, 0) is 18.2 Å². The van der Waals surface area contributed by atoms with E-state index in [4.69, 9.17) is 9.05 Å². The first kappa shape index (κ1) is 11.8. The van der Waals surface area contributed by atoms with Crippen molar-refractivity contribution in [3.8, 4) is 11.5 Å². The van der Waals surface area contributed by atoms with Gasteiger partial charge in [0.25, 0.3) is 5.89 Å². The Balaban J connectivity index is 1.75. The predicted octanol–water partition coefficient (Wildman–Crippen LogP) is 2.94. The van der Waals surface area contributed by atoms with Gasteiger partial charge in [-0.1, -0.05) is 10.3 Å². The average molecular weight is 284 g/mol. The number of aromatic nitrogens is 4. The highest BCUT2D eigenvalue weighted by atomic mass is 19.1. The molecule has 6 nitrogen and oxygen atoms in total. The Morgan fingerprint density at radius 3 is 3.00 bits per heavy atom. The predicted molar refractivity (Wildman–Crippen MR) is 70.9 cm³/mol. The Labute approximate surface area is 117 Å². The van der Waals surface area contributed by atoms with Gasteiger partial charge in [-0.25, -0.2) is 4.39 Å². The van der Waals surface area contributed by atoms with Crippen LogP contribution in [0.15, 0.2) is 45.7 Å². The van der Waals surface area contributed by atoms with Crippen LogP contribution in [0.3, 0.4) is 0 Å². The van der Waals surface area contributed by atoms with E-state index in [-0.39, 0.29) is 11.7 Å². The second kappa shape index (κ2) is 4.55. The molecule has 4 rings (SSSR count). The highest BCUT2D eigenvalue weighted by Gasteiger charge is 2.15. The maximum Gasteiger partial charge on any atom is 0.260 e. The molecule has 3 aromatic heterocycles. The van der Waals surface area contributed by atoms with E-state index < -0.39 is 0 Å². The van der Waals surface area contributed by atoms with Crippen LogP contribution in [-0.4, -0.2) is 20.3 Å². The molecule has 7 heteroatoms. The second-order valence-corrected chi connectivity index (χ2v) is 4.57. The van der Waals surface area contributed by atoms with Crippen LogP contribution in [0.4, 0.5) is 4.39 Å². The summed E-state index contributed by atoms with van der Waals surface area (Å²) in [5, 5.41) is 8.24. The molecule has 21 heavy (non-hydrogen) atoms. The number of nitrogens with one attached hydrogen (secondary N) is 1. The number of fused-ring (bicyclic) bond motifs is 1. The average Bonchev–Trinajstić information content (AvgIpc) is 3.18. The first-order valence-corrected chi connectivity index (χ1v) is 6.29. The second-order valence-electron chi connectivity index (χ2n) is 4.57. The molecule has 0 saturated heterocycles. The van der Waals surface area contributed by atoms with Crippen molar-refractivity contribution in [1.29, 1.82) is 0 Å². The zero-order valence-electron chi connectivity index (χ0n) is 10.7. The molecule has 104 valence electrons. The summed E-state index contributed by atoms with van der Waals surface area (Å²) < 4.78 is 23.9. The van der Waals surface area contributed by atoms with Crippen LogP contribution >= 0.6 is 0 Å². The van der Waals surface area contributed by atoms with Crippen molar-refractivity contribution in [2.45, 2.75) is 6.42 Å². The maximum atomic E-state index is 13.6. The first-order valence-electron chi connectivity index (χ1n) is 6.29. The summed E-state index contributed by atoms with van der Waals surface area (Å²) in [5.74, 6) is 0.987. The molecular formula is C14H9FN4O2. The topological polar surface area (TPSA) is 80.7 Å². The summed E-state index contributed by atoms with van der Waals surface area (Å²) in [4.78, 5) is 7.32. The van der Waals surface area contributed by atoms with Crippen molar-refractivity contribution in [3.63, 3.8) is 0 Å². The van der Waals surface area contributed by atoms with Gasteiger partial charge in [0.1, 0.15) is 11.6 Å². The summed E-state index contributed by atoms with van der Waals surface area (Å²) in [6.45, 7) is 0. The molecule has 0 aliphatic carbocycles. The van der Waals surface area contributed by atoms with Crippen molar-refractivity contribution in [3.05, 3.63) is 54.1 Å². The molecule has 0 radical (unpaired) electrons. The van der Waals surface area contributed by atoms with E-state index in [0.29, 0.717) is 23.6 Å². The molecule has 0 bridgehead atoms. The lowest BCUT2D eigenvalue weighted by atomic mass is 10.1. The fraction of sp³-hybridized carbons (Fsp3) is 0.0714. The van der Waals surface area contributed by atoms with Gasteiger partial charge >= 0.3 is 0 Å². The van der Waals surface area contributed by atoms with Crippen molar-refractivity contribution in [1.82, 2.24) is 20.3 Å². The highest BCUT2D eigenvalue weighted by Crippen LogP contribution is 2.28. The van der Waals surface area contributed by atoms with Gasteiger partial charge in [-0.3, -0.25) is 0 Å². The largest absolute Gasteiger partial charge is 0.361 e. The fourth-order valence-corrected chi connectivity index (χ4v) is 2.23. The van der Waals surface area contributed by atoms with E-state index in [9.17, 15) is 4.39 Å². The van der Waals surface area contributed by atoms with Crippen LogP contribution in [0.25, 0.3) is 22.4 Å². The molecule has 0 amide bonds. The summed E-state index contributed by atoms with van der Waals surface area (Å²) in [6.07, 6.45) is 3.65. The molecule has 0 saturated carbocycles. The monoisotopic (exact) mass is 284 g/mol. The lowest BCUT2D eigenvalue weighted by Crippen LogP contribution is -1.89. The number of nitrogens with zero attached hydrogens (tertiary/aromatic N) is 3. The summed E-state index contributed by atoms with van der Waals surface area (Å²) >= 11 is 0. The number of hydrogen-bond acceptors (Lipinski definition) is 5. The van der Waals surface area contributed by atoms with Gasteiger partial charge in [-0.2, -0.15) is 4.98 Å². The fourth-order valence-electron chi connectivity index (χ4n) is 2.23. The zero-order chi connectivity index (χ0) is 14.2. The quantitative estimate of drug-likeness (QED) is 0.625. The van der Waals surface area contributed by atoms with Crippen LogP contribution in [-0.2, 0) is 6.42 Å². The van der Waals surface area contributed by atoms with E-state index in [1.807, 2.05) is 0 Å². The number of rotatable bonds is 3. The molecule has 0 atom stereocenters. The van der Waals surface area contributed by atoms with E-state index in [1.165, 1.54) is 12.1 Å². The van der Waals surface area contributed by atoms with Crippen LogP contribution < -0.4 is 0 Å². The number of H-pyrrole nitrogens is 1. The van der Waals surface area contributed by atoms with Gasteiger partial charge in [0.15, 0.2) is 5.82 Å². The SMILES string of the molecule is Fc1cc(-c2nc(Cc3ccno3)no2)c2[nH]ccc2c1. The Bertz CT molecular complexity index is 895. The molecule has 0 spiro atoms. The Morgan fingerprint density at radius 2 is 2.14 bits per heavy atom. The van der Waals surface area contributed by atoms with Gasteiger partial charge in [0, 0.05) is 17.6 Å². The van der Waals surface area contributed by atoms with Gasteiger partial charge < -0.3 is 14.0 Å². The molecule has 1 aromatic carbocycles. The molecule has 1 N–H and O–H groups in total. The standard InChI is InChI=1S/C14H9FN4O2/c15-9-5-8-1-3-16-13(8)11(6-9)14-18-12(19-21-14)7-10-2-4-17-20-10/h1-6,16H,7H2. The minimum atomic E-state index is -0.355. The van der Waals surface area contributed by atoms with Crippen molar-refractivity contribution < 1.29 is 13.4 Å². The summed E-state index contributed by atoms with van der Waals surface area (Å²) in [7, 11) is 0. The number of halogens is 1. The maximum absolute atomic E-state index is 13.6. The van der Waals surface area contributed by atoms with E-state index in [0.717, 1.165) is 10.9 Å². The van der Waals surface area contributed by atoms with Crippen LogP contribution in [0.5, 0.6) is 0 Å². The Kier molecular flexibility index (Phi) is 2.56. The van der Waals surface area contributed by atoms with Crippen molar-refractivity contribution in [2.75, 3.05) is 0 Å². The third-order valence-electron chi connectivity index (χ3n) is 3.15. The number of hydrogen-bond donors (Lipinski definition) is 1. The normalized spacial score (nSPS) is 11.3. The number of benzene rings is 1. The third kappa shape index (κ3) is 2.08. The molecule has 0 fully saturated rings. The molecule has 3 heterocycles. The van der Waals surface area contributed by atoms with Gasteiger partial charge in [0.2, 0.25) is 0 Å². The van der Waals surface area contributed by atoms with Crippen LogP contribution in [0, 0.1) is 5.82 Å². The lowest BCUT2D eigenvalue weighted by molar-refractivity contribution is 0.382. The van der Waals surface area contributed by atoms with Gasteiger partial charge in [0.05, 0.1) is 23.7 Å². The molecule has 0 aliphatic rings. The Morgan fingerprint density at radius 1 is 1.19 bits per heavy atom. The van der Waals surface area contributed by atoms with Crippen molar-refractivity contribution >= 4 is 10.9 Å². The Hall–Kier alpha value is -2.96. The summed E-state index contributed by atoms with van der Waals surface area (Å²) in [5.41, 5.74) is 1.29. The molecular weight excluding hydrogens is 275 g/mol.